The van der Waals surface area contributed by atoms with E-state index in [4.69, 9.17) is 0 Å². The fourth-order valence-corrected chi connectivity index (χ4v) is 2.80. The zero-order valence-corrected chi connectivity index (χ0v) is 13.1. The zero-order chi connectivity index (χ0) is 15.1. The van der Waals surface area contributed by atoms with E-state index in [1.54, 1.807) is 12.4 Å². The van der Waals surface area contributed by atoms with Crippen LogP contribution >= 0.6 is 0 Å². The Morgan fingerprint density at radius 2 is 2.14 bits per heavy atom. The lowest BCUT2D eigenvalue weighted by atomic mass is 10.1. The highest BCUT2D eigenvalue weighted by molar-refractivity contribution is 5.92. The third-order valence-electron chi connectivity index (χ3n) is 4.04. The van der Waals surface area contributed by atoms with Gasteiger partial charge in [-0.15, -0.1) is 0 Å². The van der Waals surface area contributed by atoms with Crippen molar-refractivity contribution in [2.45, 2.75) is 58.4 Å². The molecule has 1 fully saturated rings. The van der Waals surface area contributed by atoms with Crippen molar-refractivity contribution < 1.29 is 4.79 Å². The number of amides is 1. The highest BCUT2D eigenvalue weighted by Crippen LogP contribution is 2.20. The van der Waals surface area contributed by atoms with Crippen LogP contribution in [-0.2, 0) is 0 Å². The number of carbonyl (C=O) groups excluding carboxylic acids is 1. The maximum Gasteiger partial charge on any atom is 0.274 e. The van der Waals surface area contributed by atoms with Crippen LogP contribution in [0.5, 0.6) is 0 Å². The summed E-state index contributed by atoms with van der Waals surface area (Å²) in [4.78, 5) is 23.2. The first kappa shape index (κ1) is 15.7. The van der Waals surface area contributed by atoms with Gasteiger partial charge in [0.15, 0.2) is 0 Å². The maximum absolute atomic E-state index is 12.7. The predicted molar refractivity (Wildman–Crippen MR) is 84.4 cm³/mol. The van der Waals surface area contributed by atoms with Crippen molar-refractivity contribution >= 4 is 11.7 Å². The highest BCUT2D eigenvalue weighted by Gasteiger charge is 2.25. The van der Waals surface area contributed by atoms with Gasteiger partial charge in [0.05, 0.1) is 12.4 Å². The second-order valence-corrected chi connectivity index (χ2v) is 5.62. The number of nitrogens with zero attached hydrogens (tertiary/aromatic N) is 3. The fourth-order valence-electron chi connectivity index (χ4n) is 2.80. The van der Waals surface area contributed by atoms with Gasteiger partial charge in [0.25, 0.3) is 5.91 Å². The van der Waals surface area contributed by atoms with Crippen molar-refractivity contribution in [2.75, 3.05) is 18.4 Å². The molecule has 1 aliphatic rings. The first-order valence-electron chi connectivity index (χ1n) is 8.13. The van der Waals surface area contributed by atoms with Crippen LogP contribution in [0.1, 0.15) is 62.9 Å². The van der Waals surface area contributed by atoms with Gasteiger partial charge in [0, 0.05) is 19.1 Å². The van der Waals surface area contributed by atoms with Crippen molar-refractivity contribution in [2.24, 2.45) is 0 Å². The van der Waals surface area contributed by atoms with Gasteiger partial charge in [-0.2, -0.15) is 0 Å². The molecule has 2 heterocycles. The summed E-state index contributed by atoms with van der Waals surface area (Å²) >= 11 is 0. The van der Waals surface area contributed by atoms with Gasteiger partial charge in [-0.1, -0.05) is 26.7 Å². The number of nitrogens with one attached hydrogen (secondary N) is 1. The summed E-state index contributed by atoms with van der Waals surface area (Å²) in [7, 11) is 0. The van der Waals surface area contributed by atoms with Gasteiger partial charge in [-0.25, -0.2) is 9.97 Å². The van der Waals surface area contributed by atoms with E-state index >= 15 is 0 Å². The average Bonchev–Trinajstić information content (AvgIpc) is 2.78. The summed E-state index contributed by atoms with van der Waals surface area (Å²) in [5.41, 5.74) is 0.456. The van der Waals surface area contributed by atoms with Crippen molar-refractivity contribution in [3.05, 3.63) is 18.1 Å². The predicted octanol–water partition coefficient (Wildman–Crippen LogP) is 3.09. The van der Waals surface area contributed by atoms with E-state index in [9.17, 15) is 4.79 Å². The number of hydrogen-bond acceptors (Lipinski definition) is 4. The van der Waals surface area contributed by atoms with Gasteiger partial charge in [0.1, 0.15) is 11.5 Å². The Bertz CT molecular complexity index is 446. The molecule has 1 atom stereocenters. The summed E-state index contributed by atoms with van der Waals surface area (Å²) in [5, 5.41) is 3.17. The normalized spacial score (nSPS) is 19.1. The van der Waals surface area contributed by atoms with Crippen LogP contribution in [0.15, 0.2) is 12.4 Å². The lowest BCUT2D eigenvalue weighted by molar-refractivity contribution is 0.0671. The average molecular weight is 290 g/mol. The van der Waals surface area contributed by atoms with E-state index in [1.807, 2.05) is 4.90 Å². The molecule has 2 rings (SSSR count). The van der Waals surface area contributed by atoms with Gasteiger partial charge >= 0.3 is 0 Å². The first-order valence-corrected chi connectivity index (χ1v) is 8.13. The van der Waals surface area contributed by atoms with Crippen LogP contribution in [0.2, 0.25) is 0 Å². The van der Waals surface area contributed by atoms with Crippen molar-refractivity contribution in [1.82, 2.24) is 14.9 Å². The molecule has 1 amide bonds. The molecule has 0 radical (unpaired) electrons. The van der Waals surface area contributed by atoms with E-state index in [1.165, 1.54) is 12.8 Å². The SMILES string of the molecule is CCCNc1cnc(C(=O)N2CCCCCC2CC)cn1. The standard InChI is InChI=1S/C16H26N4O/c1-3-9-17-15-12-18-14(11-19-15)16(21)20-10-7-5-6-8-13(20)4-2/h11-13H,3-10H2,1-2H3,(H,17,19). The van der Waals surface area contributed by atoms with E-state index in [0.717, 1.165) is 44.6 Å². The van der Waals surface area contributed by atoms with Gasteiger partial charge < -0.3 is 10.2 Å². The van der Waals surface area contributed by atoms with Crippen molar-refractivity contribution in [1.29, 1.82) is 0 Å². The second-order valence-electron chi connectivity index (χ2n) is 5.62. The van der Waals surface area contributed by atoms with Gasteiger partial charge in [0.2, 0.25) is 0 Å². The summed E-state index contributed by atoms with van der Waals surface area (Å²) in [6, 6.07) is 0.347. The van der Waals surface area contributed by atoms with E-state index in [2.05, 4.69) is 29.1 Å². The number of hydrogen-bond donors (Lipinski definition) is 1. The number of likely N-dealkylation sites (tertiary alicyclic amines) is 1. The molecule has 0 aliphatic carbocycles. The molecule has 21 heavy (non-hydrogen) atoms. The number of rotatable bonds is 5. The Morgan fingerprint density at radius 1 is 1.29 bits per heavy atom. The molecule has 1 unspecified atom stereocenters. The molecule has 0 bridgehead atoms. The molecule has 1 saturated heterocycles. The lowest BCUT2D eigenvalue weighted by Gasteiger charge is -2.28. The number of carbonyl (C=O) groups is 1. The molecule has 5 nitrogen and oxygen atoms in total. The Balaban J connectivity index is 2.06. The molecule has 0 aromatic carbocycles. The molecular formula is C16H26N4O. The molecular weight excluding hydrogens is 264 g/mol. The monoisotopic (exact) mass is 290 g/mol. The molecule has 5 heteroatoms. The Hall–Kier alpha value is -1.65. The first-order chi connectivity index (χ1) is 10.3. The number of aromatic nitrogens is 2. The Kier molecular flexibility index (Phi) is 5.96. The highest BCUT2D eigenvalue weighted by atomic mass is 16.2. The van der Waals surface area contributed by atoms with Crippen LogP contribution < -0.4 is 5.32 Å². The molecule has 1 aromatic heterocycles. The van der Waals surface area contributed by atoms with Crippen LogP contribution in [0.25, 0.3) is 0 Å². The fraction of sp³-hybridized carbons (Fsp3) is 0.688. The third-order valence-corrected chi connectivity index (χ3v) is 4.04. The minimum absolute atomic E-state index is 0.0262. The molecule has 116 valence electrons. The minimum Gasteiger partial charge on any atom is -0.369 e. The summed E-state index contributed by atoms with van der Waals surface area (Å²) in [6.07, 6.45) is 9.92. The molecule has 0 spiro atoms. The summed E-state index contributed by atoms with van der Waals surface area (Å²) in [6.45, 7) is 5.96. The summed E-state index contributed by atoms with van der Waals surface area (Å²) in [5.74, 6) is 0.759. The summed E-state index contributed by atoms with van der Waals surface area (Å²) < 4.78 is 0. The molecule has 0 saturated carbocycles. The minimum atomic E-state index is 0.0262. The maximum atomic E-state index is 12.7. The zero-order valence-electron chi connectivity index (χ0n) is 13.1. The topological polar surface area (TPSA) is 58.1 Å². The smallest absolute Gasteiger partial charge is 0.274 e. The van der Waals surface area contributed by atoms with Crippen LogP contribution in [0.3, 0.4) is 0 Å². The van der Waals surface area contributed by atoms with Gasteiger partial charge in [-0.05, 0) is 25.7 Å². The molecule has 1 N–H and O–H groups in total. The van der Waals surface area contributed by atoms with Crippen LogP contribution in [0.4, 0.5) is 5.82 Å². The van der Waals surface area contributed by atoms with Crippen LogP contribution in [0, 0.1) is 0 Å². The lowest BCUT2D eigenvalue weighted by Crippen LogP contribution is -2.40. The third kappa shape index (κ3) is 4.16. The Labute approximate surface area is 127 Å². The van der Waals surface area contributed by atoms with Crippen molar-refractivity contribution in [3.63, 3.8) is 0 Å². The quantitative estimate of drug-likeness (QED) is 0.905. The second kappa shape index (κ2) is 7.96. The van der Waals surface area contributed by atoms with Crippen LogP contribution in [-0.4, -0.2) is 39.9 Å². The molecule has 1 aliphatic heterocycles. The van der Waals surface area contributed by atoms with Crippen molar-refractivity contribution in [3.8, 4) is 0 Å². The van der Waals surface area contributed by atoms with E-state index in [-0.39, 0.29) is 5.91 Å². The molecule has 1 aromatic rings. The van der Waals surface area contributed by atoms with E-state index in [0.29, 0.717) is 11.7 Å². The van der Waals surface area contributed by atoms with Gasteiger partial charge in [-0.3, -0.25) is 4.79 Å². The largest absolute Gasteiger partial charge is 0.369 e. The Morgan fingerprint density at radius 3 is 2.81 bits per heavy atom. The van der Waals surface area contributed by atoms with E-state index < -0.39 is 0 Å². The number of anilines is 1.